The van der Waals surface area contributed by atoms with Gasteiger partial charge in [0, 0.05) is 18.3 Å². The molecular weight excluding hydrogens is 343 g/mol. The van der Waals surface area contributed by atoms with Crippen LogP contribution in [0.15, 0.2) is 9.93 Å². The highest BCUT2D eigenvalue weighted by atomic mass is 32.2. The van der Waals surface area contributed by atoms with Gasteiger partial charge in [-0.25, -0.2) is 9.18 Å². The van der Waals surface area contributed by atoms with Crippen molar-refractivity contribution in [1.82, 2.24) is 9.80 Å². The summed E-state index contributed by atoms with van der Waals surface area (Å²) in [5, 5.41) is 19.0. The molecule has 0 saturated carbocycles. The number of nitrogens with zero attached hydrogens (tertiary/aromatic N) is 2. The number of aliphatic hydroxyl groups excluding tert-OH is 1. The van der Waals surface area contributed by atoms with Gasteiger partial charge in [-0.2, -0.15) is 0 Å². The van der Waals surface area contributed by atoms with Crippen molar-refractivity contribution < 1.29 is 24.2 Å². The minimum Gasteiger partial charge on any atom is -0.477 e. The average Bonchev–Trinajstić information content (AvgIpc) is 3.02. The van der Waals surface area contributed by atoms with E-state index in [0.29, 0.717) is 10.8 Å². The summed E-state index contributed by atoms with van der Waals surface area (Å²) < 4.78 is 13.0. The zero-order chi connectivity index (χ0) is 16.7. The molecule has 23 heavy (non-hydrogen) atoms. The third kappa shape index (κ3) is 2.99. The van der Waals surface area contributed by atoms with Crippen molar-refractivity contribution in [3.8, 4) is 0 Å². The Kier molecular flexibility index (Phi) is 4.91. The summed E-state index contributed by atoms with van der Waals surface area (Å²) in [7, 11) is 0. The first kappa shape index (κ1) is 17.1. The molecular formula is C14H19FN2O4S2. The van der Waals surface area contributed by atoms with Gasteiger partial charge in [-0.15, -0.1) is 11.8 Å². The third-order valence-corrected chi connectivity index (χ3v) is 7.23. The molecule has 0 aliphatic carbocycles. The lowest BCUT2D eigenvalue weighted by Crippen LogP contribution is -2.60. The first-order valence-corrected chi connectivity index (χ1v) is 9.30. The second kappa shape index (κ2) is 6.62. The third-order valence-electron chi connectivity index (χ3n) is 4.37. The van der Waals surface area contributed by atoms with Crippen LogP contribution in [0.5, 0.6) is 0 Å². The van der Waals surface area contributed by atoms with Gasteiger partial charge in [-0.05, 0) is 19.9 Å². The van der Waals surface area contributed by atoms with Crippen molar-refractivity contribution in [3.05, 3.63) is 9.93 Å². The molecule has 0 aromatic rings. The zero-order valence-corrected chi connectivity index (χ0v) is 14.3. The van der Waals surface area contributed by atoms with Crippen LogP contribution in [-0.4, -0.2) is 74.9 Å². The van der Waals surface area contributed by atoms with Crippen molar-refractivity contribution in [2.75, 3.05) is 26.3 Å². The maximum Gasteiger partial charge on any atom is 0.354 e. The Morgan fingerprint density at radius 2 is 2.30 bits per heavy atom. The molecule has 9 heteroatoms. The Balaban J connectivity index is 1.72. The van der Waals surface area contributed by atoms with Crippen LogP contribution < -0.4 is 0 Å². The molecule has 2 fully saturated rings. The number of aliphatic carboxylic acids is 1. The van der Waals surface area contributed by atoms with E-state index in [4.69, 9.17) is 0 Å². The molecule has 0 bridgehead atoms. The van der Waals surface area contributed by atoms with Crippen LogP contribution in [0.4, 0.5) is 4.39 Å². The summed E-state index contributed by atoms with van der Waals surface area (Å²) in [6.45, 7) is 3.12. The van der Waals surface area contributed by atoms with Gasteiger partial charge in [0.1, 0.15) is 12.0 Å². The van der Waals surface area contributed by atoms with Crippen LogP contribution in [0.25, 0.3) is 0 Å². The molecule has 1 amide bonds. The zero-order valence-electron chi connectivity index (χ0n) is 12.6. The SMILES string of the molecule is C[C@H](O)[C@@H]1C(=O)N2C(C(=O)O)=C(S[C@H]3CCN(CCF)C3)S[C@H]12. The van der Waals surface area contributed by atoms with Crippen LogP contribution in [0.2, 0.25) is 0 Å². The van der Waals surface area contributed by atoms with E-state index < -0.39 is 18.0 Å². The van der Waals surface area contributed by atoms with Gasteiger partial charge in [0.15, 0.2) is 5.70 Å². The number of hydrogen-bond donors (Lipinski definition) is 2. The van der Waals surface area contributed by atoms with Gasteiger partial charge in [0.25, 0.3) is 0 Å². The lowest BCUT2D eigenvalue weighted by molar-refractivity contribution is -0.156. The number of fused-ring (bicyclic) bond motifs is 1. The number of carboxylic acid groups (broad SMARTS) is 1. The van der Waals surface area contributed by atoms with Crippen LogP contribution in [0, 0.1) is 5.92 Å². The molecule has 3 rings (SSSR count). The van der Waals surface area contributed by atoms with E-state index in [2.05, 4.69) is 0 Å². The second-order valence-electron chi connectivity index (χ2n) is 5.94. The van der Waals surface area contributed by atoms with Gasteiger partial charge >= 0.3 is 5.97 Å². The largest absolute Gasteiger partial charge is 0.477 e. The van der Waals surface area contributed by atoms with E-state index in [1.807, 2.05) is 4.90 Å². The average molecular weight is 362 g/mol. The van der Waals surface area contributed by atoms with Crippen LogP contribution in [0.1, 0.15) is 13.3 Å². The Labute approximate surface area is 142 Å². The summed E-state index contributed by atoms with van der Waals surface area (Å²) >= 11 is 2.82. The predicted octanol–water partition coefficient (Wildman–Crippen LogP) is 0.929. The summed E-state index contributed by atoms with van der Waals surface area (Å²) in [4.78, 5) is 27.0. The van der Waals surface area contributed by atoms with E-state index in [-0.39, 0.29) is 28.9 Å². The second-order valence-corrected chi connectivity index (χ2v) is 8.64. The van der Waals surface area contributed by atoms with Gasteiger partial charge < -0.3 is 10.2 Å². The van der Waals surface area contributed by atoms with Gasteiger partial charge in [0.05, 0.1) is 16.3 Å². The fourth-order valence-corrected chi connectivity index (χ4v) is 6.56. The molecule has 0 radical (unpaired) electrons. The van der Waals surface area contributed by atoms with Crippen LogP contribution >= 0.6 is 23.5 Å². The first-order chi connectivity index (χ1) is 10.9. The Morgan fingerprint density at radius 3 is 2.91 bits per heavy atom. The molecule has 2 N–H and O–H groups in total. The number of thioether (sulfide) groups is 2. The molecule has 128 valence electrons. The standard InChI is InChI=1S/C14H19FN2O4S2/c1-7(18)9-11(19)17-10(13(20)21)14(23-12(9)17)22-8-2-4-16(6-8)5-3-15/h7-9,12,18H,2-6H2,1H3,(H,20,21)/t7-,8-,9+,12+/m0/s1. The Morgan fingerprint density at radius 1 is 1.57 bits per heavy atom. The number of aliphatic hydroxyl groups is 1. The van der Waals surface area contributed by atoms with Crippen molar-refractivity contribution in [2.24, 2.45) is 5.92 Å². The highest BCUT2D eigenvalue weighted by Crippen LogP contribution is 2.55. The molecule has 0 unspecified atom stereocenters. The summed E-state index contributed by atoms with van der Waals surface area (Å²) in [5.41, 5.74) is 0.0378. The highest BCUT2D eigenvalue weighted by Gasteiger charge is 2.58. The quantitative estimate of drug-likeness (QED) is 0.680. The molecule has 0 aromatic heterocycles. The lowest BCUT2D eigenvalue weighted by atomic mass is 9.92. The predicted molar refractivity (Wildman–Crippen MR) is 86.5 cm³/mol. The van der Waals surface area contributed by atoms with Crippen LogP contribution in [0.3, 0.4) is 0 Å². The molecule has 3 heterocycles. The number of alkyl halides is 1. The fourth-order valence-electron chi connectivity index (χ4n) is 3.20. The molecule has 3 aliphatic rings. The lowest BCUT2D eigenvalue weighted by Gasteiger charge is -2.43. The first-order valence-electron chi connectivity index (χ1n) is 7.54. The maximum absolute atomic E-state index is 12.4. The number of likely N-dealkylation sites (tertiary alicyclic amines) is 1. The Hall–Kier alpha value is -0.770. The van der Waals surface area contributed by atoms with Crippen molar-refractivity contribution >= 4 is 35.4 Å². The van der Waals surface area contributed by atoms with Gasteiger partial charge in [-0.3, -0.25) is 14.6 Å². The van der Waals surface area contributed by atoms with E-state index in [1.54, 1.807) is 6.92 Å². The molecule has 6 nitrogen and oxygen atoms in total. The Bertz CT molecular complexity index is 557. The number of hydrogen-bond acceptors (Lipinski definition) is 6. The maximum atomic E-state index is 12.4. The fraction of sp³-hybridized carbons (Fsp3) is 0.714. The monoisotopic (exact) mass is 362 g/mol. The molecule has 2 saturated heterocycles. The number of carboxylic acids is 1. The molecule has 3 aliphatic heterocycles. The van der Waals surface area contributed by atoms with E-state index in [9.17, 15) is 24.2 Å². The summed E-state index contributed by atoms with van der Waals surface area (Å²) in [5.74, 6) is -1.98. The van der Waals surface area contributed by atoms with Crippen molar-refractivity contribution in [2.45, 2.75) is 30.1 Å². The summed E-state index contributed by atoms with van der Waals surface area (Å²) in [6.07, 6.45) is 0.0854. The molecule has 4 atom stereocenters. The number of rotatable bonds is 6. The van der Waals surface area contributed by atoms with E-state index >= 15 is 0 Å². The molecule has 0 aromatic carbocycles. The number of carbonyl (C=O) groups excluding carboxylic acids is 1. The normalized spacial score (nSPS) is 32.2. The number of carbonyl (C=O) groups is 2. The molecule has 0 spiro atoms. The number of amides is 1. The van der Waals surface area contributed by atoms with E-state index in [1.165, 1.54) is 28.4 Å². The smallest absolute Gasteiger partial charge is 0.354 e. The summed E-state index contributed by atoms with van der Waals surface area (Å²) in [6, 6.07) is 0. The number of β-lactam (4-membered cyclic amide) rings is 1. The van der Waals surface area contributed by atoms with Gasteiger partial charge in [-0.1, -0.05) is 11.8 Å². The van der Waals surface area contributed by atoms with Gasteiger partial charge in [0.2, 0.25) is 5.91 Å². The number of halogens is 1. The van der Waals surface area contributed by atoms with Crippen molar-refractivity contribution in [1.29, 1.82) is 0 Å². The minimum atomic E-state index is -1.11. The van der Waals surface area contributed by atoms with Crippen molar-refractivity contribution in [3.63, 3.8) is 0 Å². The topological polar surface area (TPSA) is 81.1 Å². The highest BCUT2D eigenvalue weighted by molar-refractivity contribution is 8.23. The van der Waals surface area contributed by atoms with Crippen LogP contribution in [-0.2, 0) is 9.59 Å². The van der Waals surface area contributed by atoms with E-state index in [0.717, 1.165) is 19.5 Å². The minimum absolute atomic E-state index is 0.0378.